The van der Waals surface area contributed by atoms with E-state index < -0.39 is 66.3 Å². The van der Waals surface area contributed by atoms with Gasteiger partial charge in [0.05, 0.1) is 48.8 Å². The highest BCUT2D eigenvalue weighted by molar-refractivity contribution is 5.82. The molecule has 2 fully saturated rings. The van der Waals surface area contributed by atoms with Crippen LogP contribution in [0.25, 0.3) is 0 Å². The van der Waals surface area contributed by atoms with Gasteiger partial charge in [-0.25, -0.2) is 4.79 Å². The summed E-state index contributed by atoms with van der Waals surface area (Å²) in [6.07, 6.45) is 15.9. The van der Waals surface area contributed by atoms with Gasteiger partial charge in [-0.1, -0.05) is 84.8 Å². The molecule has 10 heteroatoms. The van der Waals surface area contributed by atoms with Crippen molar-refractivity contribution in [2.24, 2.45) is 35.5 Å². The van der Waals surface area contributed by atoms with Crippen LogP contribution in [0.15, 0.2) is 36.5 Å². The molecule has 5 N–H and O–H groups in total. The number of aliphatic hydroxyl groups excluding tert-OH is 5. The molecule has 318 valence electrons. The molecule has 55 heavy (non-hydrogen) atoms. The Morgan fingerprint density at radius 3 is 2.25 bits per heavy atom. The molecule has 0 amide bonds. The lowest BCUT2D eigenvalue weighted by Gasteiger charge is -2.52. The van der Waals surface area contributed by atoms with Gasteiger partial charge >= 0.3 is 5.97 Å². The number of ether oxygens (including phenoxy) is 4. The van der Waals surface area contributed by atoms with E-state index in [0.29, 0.717) is 38.0 Å². The number of aliphatic hydroxyl groups is 5. The van der Waals surface area contributed by atoms with E-state index in [4.69, 9.17) is 18.9 Å². The van der Waals surface area contributed by atoms with E-state index in [1.54, 1.807) is 19.9 Å². The molecule has 3 heterocycles. The van der Waals surface area contributed by atoms with E-state index >= 15 is 0 Å². The van der Waals surface area contributed by atoms with Crippen molar-refractivity contribution in [1.29, 1.82) is 0 Å². The molecular weight excluding hydrogens is 700 g/mol. The number of fused-ring (bicyclic) bond motifs is 2. The molecule has 10 nitrogen and oxygen atoms in total. The Hall–Kier alpha value is -1.63. The Kier molecular flexibility index (Phi) is 20.6. The number of carbonyl (C=O) groups is 1. The minimum atomic E-state index is -0.953. The summed E-state index contributed by atoms with van der Waals surface area (Å²) in [5.74, 6) is -2.21. The Morgan fingerprint density at radius 2 is 1.60 bits per heavy atom. The lowest BCUT2D eigenvalue weighted by atomic mass is 9.78. The molecule has 0 aliphatic carbocycles. The fourth-order valence-corrected chi connectivity index (χ4v) is 8.75. The predicted octanol–water partition coefficient (Wildman–Crippen LogP) is 7.19. The van der Waals surface area contributed by atoms with Crippen molar-refractivity contribution in [3.8, 4) is 0 Å². The molecular formula is C45H78O10. The highest BCUT2D eigenvalue weighted by Crippen LogP contribution is 2.47. The van der Waals surface area contributed by atoms with E-state index in [0.717, 1.165) is 44.9 Å². The first-order valence-electron chi connectivity index (χ1n) is 21.6. The summed E-state index contributed by atoms with van der Waals surface area (Å²) in [6, 6.07) is 0. The van der Waals surface area contributed by atoms with Crippen LogP contribution in [-0.2, 0) is 23.7 Å². The van der Waals surface area contributed by atoms with Crippen LogP contribution in [0.5, 0.6) is 0 Å². The molecule has 1 spiro atoms. The minimum Gasteiger partial charge on any atom is -0.459 e. The smallest absolute Gasteiger partial charge is 0.330 e. The van der Waals surface area contributed by atoms with Crippen molar-refractivity contribution in [3.63, 3.8) is 0 Å². The van der Waals surface area contributed by atoms with Crippen LogP contribution in [-0.4, -0.2) is 99.3 Å². The SMILES string of the molecule is CCCC[C@H]1[C@@H]2C[C@@]3(CC[C@H](C)[C@H](C[C@@H](C)O)O3)O[C@H]1CC[C@@H](CC)/C=C/C=C/CC[C@@H](O)[C@@H](C)[C@@H](O)C[C@@H](OC)C[C@@H](O)[C@H](C)[C@H](O)[C@@H](C)/C=C/C(=O)O2. The fourth-order valence-electron chi connectivity index (χ4n) is 8.75. The first kappa shape index (κ1) is 47.7. The van der Waals surface area contributed by atoms with Crippen LogP contribution in [0.3, 0.4) is 0 Å². The number of methoxy groups -OCH3 is 1. The van der Waals surface area contributed by atoms with Crippen LogP contribution in [0.1, 0.15) is 138 Å². The van der Waals surface area contributed by atoms with Crippen LogP contribution < -0.4 is 0 Å². The average Bonchev–Trinajstić information content (AvgIpc) is 3.15. The highest BCUT2D eigenvalue weighted by Gasteiger charge is 2.52. The average molecular weight is 779 g/mol. The van der Waals surface area contributed by atoms with Gasteiger partial charge in [0.25, 0.3) is 0 Å². The number of unbranched alkanes of at least 4 members (excludes halogenated alkanes) is 1. The summed E-state index contributed by atoms with van der Waals surface area (Å²) in [4.78, 5) is 13.6. The molecule has 0 radical (unpaired) electrons. The highest BCUT2D eigenvalue weighted by atomic mass is 16.7. The number of rotatable bonds is 7. The standard InChI is InChI=1S/C45H78O10/c1-9-11-17-36-40-21-20-34(10-2)16-14-12-13-15-18-37(47)32(6)38(48)26-35(52-8)27-39(49)33(7)44(51)30(4)19-22-43(50)53-42(36)28-45(54-40)24-23-29(3)41(55-45)25-31(5)46/h12-14,16,19,22,29-42,44,46-49,51H,9-11,15,17-18,20-21,23-28H2,1-8H3/b13-12+,16-14+,22-19+/t29-,30-,31+,32+,33-,34-,35+,36+,37+,38-,39+,40-,41-,42-,44+,45-/m0/s1. The van der Waals surface area contributed by atoms with Crippen molar-refractivity contribution in [2.75, 3.05) is 7.11 Å². The Morgan fingerprint density at radius 1 is 0.891 bits per heavy atom. The van der Waals surface area contributed by atoms with Crippen molar-refractivity contribution in [2.45, 2.75) is 199 Å². The van der Waals surface area contributed by atoms with Crippen molar-refractivity contribution >= 4 is 5.97 Å². The van der Waals surface area contributed by atoms with E-state index in [2.05, 4.69) is 32.9 Å². The number of hydrogen-bond acceptors (Lipinski definition) is 10. The van der Waals surface area contributed by atoms with Gasteiger partial charge in [0.2, 0.25) is 0 Å². The second-order valence-electron chi connectivity index (χ2n) is 17.4. The van der Waals surface area contributed by atoms with Gasteiger partial charge < -0.3 is 44.5 Å². The first-order chi connectivity index (χ1) is 26.1. The van der Waals surface area contributed by atoms with Gasteiger partial charge in [0.15, 0.2) is 5.79 Å². The normalized spacial score (nSPS) is 43.3. The number of allylic oxidation sites excluding steroid dienone is 4. The summed E-state index contributed by atoms with van der Waals surface area (Å²) in [6.45, 7) is 13.7. The van der Waals surface area contributed by atoms with Gasteiger partial charge in [0, 0.05) is 49.7 Å². The summed E-state index contributed by atoms with van der Waals surface area (Å²) >= 11 is 0. The molecule has 0 aromatic rings. The number of hydrogen-bond donors (Lipinski definition) is 5. The zero-order valence-electron chi connectivity index (χ0n) is 35.3. The van der Waals surface area contributed by atoms with Crippen LogP contribution >= 0.6 is 0 Å². The molecule has 3 rings (SSSR count). The summed E-state index contributed by atoms with van der Waals surface area (Å²) in [7, 11) is 1.54. The van der Waals surface area contributed by atoms with Crippen molar-refractivity contribution in [1.82, 2.24) is 0 Å². The second kappa shape index (κ2) is 23.7. The molecule has 0 aromatic carbocycles. The van der Waals surface area contributed by atoms with Crippen molar-refractivity contribution in [3.05, 3.63) is 36.5 Å². The fraction of sp³-hybridized carbons (Fsp3) is 0.844. The zero-order valence-corrected chi connectivity index (χ0v) is 35.3. The van der Waals surface area contributed by atoms with E-state index in [1.165, 1.54) is 13.2 Å². The third-order valence-corrected chi connectivity index (χ3v) is 12.9. The molecule has 2 bridgehead atoms. The Bertz CT molecular complexity index is 1190. The number of carbonyl (C=O) groups excluding carboxylic acids is 1. The quantitative estimate of drug-likeness (QED) is 0.168. The maximum Gasteiger partial charge on any atom is 0.330 e. The zero-order chi connectivity index (χ0) is 40.7. The molecule has 0 saturated carbocycles. The third kappa shape index (κ3) is 14.9. The third-order valence-electron chi connectivity index (χ3n) is 12.9. The van der Waals surface area contributed by atoms with Gasteiger partial charge in [0.1, 0.15) is 6.10 Å². The van der Waals surface area contributed by atoms with E-state index in [1.807, 2.05) is 26.0 Å². The van der Waals surface area contributed by atoms with Crippen LogP contribution in [0.4, 0.5) is 0 Å². The topological polar surface area (TPSA) is 155 Å². The predicted molar refractivity (Wildman–Crippen MR) is 216 cm³/mol. The van der Waals surface area contributed by atoms with E-state index in [-0.39, 0.29) is 42.8 Å². The lowest BCUT2D eigenvalue weighted by molar-refractivity contribution is -0.349. The van der Waals surface area contributed by atoms with Gasteiger partial charge in [-0.15, -0.1) is 0 Å². The molecule has 2 saturated heterocycles. The van der Waals surface area contributed by atoms with E-state index in [9.17, 15) is 30.3 Å². The Balaban J connectivity index is 1.95. The molecule has 3 aliphatic rings. The van der Waals surface area contributed by atoms with Gasteiger partial charge in [-0.3, -0.25) is 0 Å². The van der Waals surface area contributed by atoms with Crippen molar-refractivity contribution < 1.29 is 49.3 Å². The molecule has 0 aromatic heterocycles. The first-order valence-corrected chi connectivity index (χ1v) is 21.6. The maximum absolute atomic E-state index is 13.6. The minimum absolute atomic E-state index is 0.0136. The molecule has 3 aliphatic heterocycles. The van der Waals surface area contributed by atoms with Gasteiger partial charge in [-0.2, -0.15) is 0 Å². The Labute approximate surface area is 332 Å². The summed E-state index contributed by atoms with van der Waals surface area (Å²) in [5.41, 5.74) is 0. The largest absolute Gasteiger partial charge is 0.459 e. The molecule has 16 atom stereocenters. The second-order valence-corrected chi connectivity index (χ2v) is 17.4. The lowest BCUT2D eigenvalue weighted by Crippen LogP contribution is -2.58. The maximum atomic E-state index is 13.6. The summed E-state index contributed by atoms with van der Waals surface area (Å²) < 4.78 is 25.8. The monoisotopic (exact) mass is 779 g/mol. The summed E-state index contributed by atoms with van der Waals surface area (Å²) in [5, 5.41) is 54.5. The molecule has 0 unspecified atom stereocenters. The van der Waals surface area contributed by atoms with Crippen LogP contribution in [0.2, 0.25) is 0 Å². The number of esters is 1. The van der Waals surface area contributed by atoms with Crippen LogP contribution in [0, 0.1) is 35.5 Å². The van der Waals surface area contributed by atoms with Gasteiger partial charge in [-0.05, 0) is 83.0 Å².